The summed E-state index contributed by atoms with van der Waals surface area (Å²) in [4.78, 5) is 24.7. The van der Waals surface area contributed by atoms with E-state index in [-0.39, 0.29) is 17.7 Å². The van der Waals surface area contributed by atoms with E-state index in [4.69, 9.17) is 4.74 Å². The number of carbonyl (C=O) groups excluding carboxylic acids is 2. The number of rotatable bonds is 7. The Balaban J connectivity index is 1.47. The van der Waals surface area contributed by atoms with E-state index < -0.39 is 0 Å². The fourth-order valence-corrected chi connectivity index (χ4v) is 2.97. The molecule has 5 nitrogen and oxygen atoms in total. The third-order valence-electron chi connectivity index (χ3n) is 3.79. The molecule has 1 aliphatic rings. The molecule has 1 fully saturated rings. The van der Waals surface area contributed by atoms with Gasteiger partial charge in [-0.1, -0.05) is 6.07 Å². The molecule has 0 atom stereocenters. The van der Waals surface area contributed by atoms with Crippen molar-refractivity contribution < 1.29 is 14.3 Å². The van der Waals surface area contributed by atoms with Crippen LogP contribution >= 0.6 is 11.8 Å². The molecule has 2 aromatic carbocycles. The predicted octanol–water partition coefficient (Wildman–Crippen LogP) is 3.77. The summed E-state index contributed by atoms with van der Waals surface area (Å²) in [5.74, 6) is 1.22. The number of hydrogen-bond donors (Lipinski definition) is 2. The van der Waals surface area contributed by atoms with Gasteiger partial charge in [0.2, 0.25) is 11.8 Å². The van der Waals surface area contributed by atoms with Gasteiger partial charge in [-0.05, 0) is 49.2 Å². The Labute approximate surface area is 151 Å². The molecule has 6 heteroatoms. The number of methoxy groups -OCH3 is 1. The Morgan fingerprint density at radius 2 is 1.84 bits per heavy atom. The summed E-state index contributed by atoms with van der Waals surface area (Å²) in [6, 6.07) is 14.8. The van der Waals surface area contributed by atoms with Gasteiger partial charge in [0.25, 0.3) is 0 Å². The van der Waals surface area contributed by atoms with Crippen LogP contribution in [0.2, 0.25) is 0 Å². The van der Waals surface area contributed by atoms with Gasteiger partial charge in [0, 0.05) is 28.3 Å². The molecule has 0 aliphatic heterocycles. The van der Waals surface area contributed by atoms with Crippen LogP contribution in [0.15, 0.2) is 53.4 Å². The predicted molar refractivity (Wildman–Crippen MR) is 100 cm³/mol. The maximum absolute atomic E-state index is 12.0. The SMILES string of the molecule is COc1cccc(NC(=O)CSc2ccc(NC(=O)C3CC3)cc2)c1. The fourth-order valence-electron chi connectivity index (χ4n) is 2.27. The summed E-state index contributed by atoms with van der Waals surface area (Å²) in [5, 5.41) is 5.75. The lowest BCUT2D eigenvalue weighted by Crippen LogP contribution is -2.14. The van der Waals surface area contributed by atoms with Crippen molar-refractivity contribution >= 4 is 35.0 Å². The number of carbonyl (C=O) groups is 2. The van der Waals surface area contributed by atoms with Gasteiger partial charge in [0.15, 0.2) is 0 Å². The highest BCUT2D eigenvalue weighted by atomic mass is 32.2. The van der Waals surface area contributed by atoms with Crippen molar-refractivity contribution in [1.82, 2.24) is 0 Å². The molecule has 0 heterocycles. The monoisotopic (exact) mass is 356 g/mol. The van der Waals surface area contributed by atoms with Crippen LogP contribution in [-0.2, 0) is 9.59 Å². The van der Waals surface area contributed by atoms with Crippen molar-refractivity contribution in [3.8, 4) is 5.75 Å². The highest BCUT2D eigenvalue weighted by Gasteiger charge is 2.29. The van der Waals surface area contributed by atoms with Crippen LogP contribution in [0.4, 0.5) is 11.4 Å². The molecule has 0 spiro atoms. The smallest absolute Gasteiger partial charge is 0.234 e. The van der Waals surface area contributed by atoms with Crippen LogP contribution in [0.5, 0.6) is 5.75 Å². The second-order valence-electron chi connectivity index (χ2n) is 5.86. The lowest BCUT2D eigenvalue weighted by molar-refractivity contribution is -0.117. The minimum absolute atomic E-state index is 0.0793. The fraction of sp³-hybridized carbons (Fsp3) is 0.263. The van der Waals surface area contributed by atoms with Crippen molar-refractivity contribution in [1.29, 1.82) is 0 Å². The lowest BCUT2D eigenvalue weighted by atomic mass is 10.3. The highest BCUT2D eigenvalue weighted by molar-refractivity contribution is 8.00. The standard InChI is InChI=1S/C19H20N2O3S/c1-24-16-4-2-3-15(11-16)20-18(22)12-25-17-9-7-14(8-10-17)21-19(23)13-5-6-13/h2-4,7-11,13H,5-6,12H2,1H3,(H,20,22)(H,21,23). The lowest BCUT2D eigenvalue weighted by Gasteiger charge is -2.08. The summed E-state index contributed by atoms with van der Waals surface area (Å²) in [7, 11) is 1.59. The van der Waals surface area contributed by atoms with Gasteiger partial charge >= 0.3 is 0 Å². The average molecular weight is 356 g/mol. The van der Waals surface area contributed by atoms with E-state index in [0.29, 0.717) is 17.2 Å². The molecule has 130 valence electrons. The number of amides is 2. The van der Waals surface area contributed by atoms with Crippen molar-refractivity contribution in [2.45, 2.75) is 17.7 Å². The van der Waals surface area contributed by atoms with Crippen LogP contribution in [0.1, 0.15) is 12.8 Å². The Kier molecular flexibility index (Phi) is 5.60. The maximum Gasteiger partial charge on any atom is 0.234 e. The molecular formula is C19H20N2O3S. The number of nitrogens with one attached hydrogen (secondary N) is 2. The van der Waals surface area contributed by atoms with Gasteiger partial charge < -0.3 is 15.4 Å². The van der Waals surface area contributed by atoms with E-state index in [0.717, 1.165) is 23.4 Å². The summed E-state index contributed by atoms with van der Waals surface area (Å²) < 4.78 is 5.14. The third-order valence-corrected chi connectivity index (χ3v) is 4.81. The first kappa shape index (κ1) is 17.4. The average Bonchev–Trinajstić information content (AvgIpc) is 3.46. The van der Waals surface area contributed by atoms with E-state index >= 15 is 0 Å². The molecule has 0 saturated heterocycles. The Bertz CT molecular complexity index is 758. The minimum Gasteiger partial charge on any atom is -0.497 e. The van der Waals surface area contributed by atoms with Gasteiger partial charge in [-0.15, -0.1) is 11.8 Å². The quantitative estimate of drug-likeness (QED) is 0.741. The first-order chi connectivity index (χ1) is 12.1. The Morgan fingerprint density at radius 3 is 2.52 bits per heavy atom. The zero-order valence-electron chi connectivity index (χ0n) is 14.0. The number of thioether (sulfide) groups is 1. The molecular weight excluding hydrogens is 336 g/mol. The van der Waals surface area contributed by atoms with E-state index in [1.165, 1.54) is 11.8 Å². The first-order valence-corrected chi connectivity index (χ1v) is 9.10. The number of hydrogen-bond acceptors (Lipinski definition) is 4. The van der Waals surface area contributed by atoms with Crippen LogP contribution in [-0.4, -0.2) is 24.7 Å². The molecule has 2 aromatic rings. The van der Waals surface area contributed by atoms with E-state index in [1.807, 2.05) is 42.5 Å². The van der Waals surface area contributed by atoms with E-state index in [2.05, 4.69) is 10.6 Å². The van der Waals surface area contributed by atoms with Gasteiger partial charge in [-0.3, -0.25) is 9.59 Å². The van der Waals surface area contributed by atoms with Crippen LogP contribution in [0.3, 0.4) is 0 Å². The maximum atomic E-state index is 12.0. The molecule has 2 N–H and O–H groups in total. The second-order valence-corrected chi connectivity index (χ2v) is 6.91. The summed E-state index contributed by atoms with van der Waals surface area (Å²) in [6.07, 6.45) is 1.98. The summed E-state index contributed by atoms with van der Waals surface area (Å²) in [6.45, 7) is 0. The zero-order valence-corrected chi connectivity index (χ0v) is 14.8. The number of ether oxygens (including phenoxy) is 1. The van der Waals surface area contributed by atoms with Crippen molar-refractivity contribution in [2.75, 3.05) is 23.5 Å². The second kappa shape index (κ2) is 8.07. The highest BCUT2D eigenvalue weighted by Crippen LogP contribution is 2.30. The molecule has 3 rings (SSSR count). The number of benzene rings is 2. The molecule has 0 bridgehead atoms. The minimum atomic E-state index is -0.0793. The third kappa shape index (κ3) is 5.26. The van der Waals surface area contributed by atoms with Crippen molar-refractivity contribution in [3.63, 3.8) is 0 Å². The van der Waals surface area contributed by atoms with Crippen molar-refractivity contribution in [3.05, 3.63) is 48.5 Å². The largest absolute Gasteiger partial charge is 0.497 e. The normalized spacial score (nSPS) is 13.2. The van der Waals surface area contributed by atoms with Crippen LogP contribution in [0.25, 0.3) is 0 Å². The summed E-state index contributed by atoms with van der Waals surface area (Å²) >= 11 is 1.45. The molecule has 25 heavy (non-hydrogen) atoms. The van der Waals surface area contributed by atoms with Crippen molar-refractivity contribution in [2.24, 2.45) is 5.92 Å². The van der Waals surface area contributed by atoms with E-state index in [9.17, 15) is 9.59 Å². The Morgan fingerprint density at radius 1 is 1.08 bits per heavy atom. The molecule has 2 amide bonds. The molecule has 0 radical (unpaired) electrons. The van der Waals surface area contributed by atoms with Gasteiger partial charge in [-0.2, -0.15) is 0 Å². The summed E-state index contributed by atoms with van der Waals surface area (Å²) in [5.41, 5.74) is 1.50. The van der Waals surface area contributed by atoms with Gasteiger partial charge in [-0.25, -0.2) is 0 Å². The van der Waals surface area contributed by atoms with Gasteiger partial charge in [0.05, 0.1) is 12.9 Å². The molecule has 1 saturated carbocycles. The van der Waals surface area contributed by atoms with Crippen LogP contribution < -0.4 is 15.4 Å². The molecule has 1 aliphatic carbocycles. The Hall–Kier alpha value is -2.47. The number of anilines is 2. The molecule has 0 unspecified atom stereocenters. The van der Waals surface area contributed by atoms with E-state index in [1.54, 1.807) is 13.2 Å². The molecule has 0 aromatic heterocycles. The van der Waals surface area contributed by atoms with Gasteiger partial charge in [0.1, 0.15) is 5.75 Å². The zero-order chi connectivity index (χ0) is 17.6. The topological polar surface area (TPSA) is 67.4 Å². The van der Waals surface area contributed by atoms with Crippen LogP contribution in [0, 0.1) is 5.92 Å². The first-order valence-electron chi connectivity index (χ1n) is 8.11.